The highest BCUT2D eigenvalue weighted by atomic mass is 15.1. The van der Waals surface area contributed by atoms with Crippen molar-refractivity contribution in [3.05, 3.63) is 235 Å². The van der Waals surface area contributed by atoms with Gasteiger partial charge in [-0.1, -0.05) is 170 Å². The Labute approximate surface area is 294 Å². The molecule has 0 aromatic heterocycles. The van der Waals surface area contributed by atoms with Crippen molar-refractivity contribution in [3.8, 4) is 33.4 Å². The molecule has 8 aromatic carbocycles. The zero-order valence-electron chi connectivity index (χ0n) is 27.7. The van der Waals surface area contributed by atoms with Gasteiger partial charge >= 0.3 is 0 Å². The zero-order chi connectivity index (χ0) is 33.3. The summed E-state index contributed by atoms with van der Waals surface area (Å²) in [7, 11) is 0. The van der Waals surface area contributed by atoms with Crippen LogP contribution < -0.4 is 4.90 Å². The Balaban J connectivity index is 1.25. The van der Waals surface area contributed by atoms with Gasteiger partial charge in [0, 0.05) is 17.1 Å². The van der Waals surface area contributed by atoms with E-state index in [1.54, 1.807) is 0 Å². The van der Waals surface area contributed by atoms with E-state index in [0.29, 0.717) is 0 Å². The molecule has 0 saturated heterocycles. The van der Waals surface area contributed by atoms with E-state index in [1.807, 2.05) is 0 Å². The summed E-state index contributed by atoms with van der Waals surface area (Å²) in [6, 6.07) is 77.1. The summed E-state index contributed by atoms with van der Waals surface area (Å²) >= 11 is 0. The number of rotatable bonds is 7. The molecule has 1 aliphatic rings. The number of hydrogen-bond donors (Lipinski definition) is 0. The fraction of sp³-hybridized carbons (Fsp3) is 0.0204. The summed E-state index contributed by atoms with van der Waals surface area (Å²) in [5.41, 5.74) is 15.4. The van der Waals surface area contributed by atoms with Gasteiger partial charge in [-0.3, -0.25) is 0 Å². The van der Waals surface area contributed by atoms with E-state index in [4.69, 9.17) is 0 Å². The molecule has 0 amide bonds. The topological polar surface area (TPSA) is 3.24 Å². The van der Waals surface area contributed by atoms with Gasteiger partial charge in [0.25, 0.3) is 0 Å². The Morgan fingerprint density at radius 2 is 0.760 bits per heavy atom. The van der Waals surface area contributed by atoms with Crippen molar-refractivity contribution in [2.75, 3.05) is 4.90 Å². The first-order chi connectivity index (χ1) is 24.8. The van der Waals surface area contributed by atoms with Crippen molar-refractivity contribution in [1.29, 1.82) is 0 Å². The van der Waals surface area contributed by atoms with Crippen LogP contribution in [0.15, 0.2) is 212 Å². The van der Waals surface area contributed by atoms with Gasteiger partial charge in [0.15, 0.2) is 0 Å². The Hall–Kier alpha value is -6.44. The summed E-state index contributed by atoms with van der Waals surface area (Å²) < 4.78 is 0. The van der Waals surface area contributed by atoms with Gasteiger partial charge in [0.05, 0.1) is 5.41 Å². The normalized spacial score (nSPS) is 14.5. The number of fused-ring (bicyclic) bond motifs is 3. The molecule has 0 heterocycles. The number of hydrogen-bond acceptors (Lipinski definition) is 1. The van der Waals surface area contributed by atoms with Crippen molar-refractivity contribution in [2.24, 2.45) is 0 Å². The minimum absolute atomic E-state index is 0.481. The largest absolute Gasteiger partial charge is 0.310 e. The third-order valence-electron chi connectivity index (χ3n) is 10.1. The first-order valence-corrected chi connectivity index (χ1v) is 17.3. The van der Waals surface area contributed by atoms with Crippen LogP contribution in [0.25, 0.3) is 33.4 Å². The molecule has 0 bridgehead atoms. The molecule has 1 atom stereocenters. The second kappa shape index (κ2) is 12.5. The lowest BCUT2D eigenvalue weighted by molar-refractivity contribution is 0.769. The Morgan fingerprint density at radius 1 is 0.280 bits per heavy atom. The van der Waals surface area contributed by atoms with Crippen LogP contribution in [0.4, 0.5) is 17.1 Å². The molecule has 236 valence electrons. The van der Waals surface area contributed by atoms with Crippen molar-refractivity contribution >= 4 is 17.1 Å². The molecule has 1 nitrogen and oxygen atoms in total. The van der Waals surface area contributed by atoms with Gasteiger partial charge < -0.3 is 4.90 Å². The second-order valence-electron chi connectivity index (χ2n) is 12.9. The molecule has 1 heteroatoms. The van der Waals surface area contributed by atoms with E-state index in [1.165, 1.54) is 55.6 Å². The SMILES string of the molecule is c1ccc(-c2ccc(N(c3ccccc3)c3ccc4c(c3)-c3ccccc3C4(c3ccccc3)c3cccc(-c4ccccc4)c3)cc2)cc1. The summed E-state index contributed by atoms with van der Waals surface area (Å²) in [6.07, 6.45) is 0. The molecule has 1 unspecified atom stereocenters. The standard InChI is InChI=1S/C49H35N/c1-5-16-36(17-6-1)38-28-30-43(31-29-38)50(42-24-11-4-12-25-42)44-32-33-48-46(35-44)45-26-13-14-27-47(45)49(48,40-21-9-3-10-22-40)41-23-15-20-39(34-41)37-18-7-2-8-19-37/h1-35H. The number of nitrogens with zero attached hydrogens (tertiary/aromatic N) is 1. The first-order valence-electron chi connectivity index (χ1n) is 17.3. The van der Waals surface area contributed by atoms with Crippen LogP contribution in [0.3, 0.4) is 0 Å². The molecule has 0 aliphatic heterocycles. The summed E-state index contributed by atoms with van der Waals surface area (Å²) in [4.78, 5) is 2.37. The highest BCUT2D eigenvalue weighted by Gasteiger charge is 2.46. The summed E-state index contributed by atoms with van der Waals surface area (Å²) in [5.74, 6) is 0. The molecule has 0 N–H and O–H groups in total. The van der Waals surface area contributed by atoms with Crippen LogP contribution in [0.1, 0.15) is 22.3 Å². The Kier molecular flexibility index (Phi) is 7.44. The zero-order valence-corrected chi connectivity index (χ0v) is 27.7. The predicted molar refractivity (Wildman–Crippen MR) is 209 cm³/mol. The third kappa shape index (κ3) is 4.95. The first kappa shape index (κ1) is 29.7. The maximum absolute atomic E-state index is 2.40. The molecule has 0 radical (unpaired) electrons. The predicted octanol–water partition coefficient (Wildman–Crippen LogP) is 12.9. The molecule has 9 rings (SSSR count). The highest BCUT2D eigenvalue weighted by molar-refractivity contribution is 5.90. The lowest BCUT2D eigenvalue weighted by atomic mass is 9.67. The van der Waals surface area contributed by atoms with Crippen LogP contribution in [-0.4, -0.2) is 0 Å². The van der Waals surface area contributed by atoms with Crippen molar-refractivity contribution in [2.45, 2.75) is 5.41 Å². The fourth-order valence-corrected chi connectivity index (χ4v) is 7.91. The fourth-order valence-electron chi connectivity index (χ4n) is 7.91. The Morgan fingerprint density at radius 3 is 1.46 bits per heavy atom. The molecule has 50 heavy (non-hydrogen) atoms. The van der Waals surface area contributed by atoms with Crippen molar-refractivity contribution in [3.63, 3.8) is 0 Å². The third-order valence-corrected chi connectivity index (χ3v) is 10.1. The van der Waals surface area contributed by atoms with Gasteiger partial charge in [0.1, 0.15) is 0 Å². The van der Waals surface area contributed by atoms with E-state index in [9.17, 15) is 0 Å². The quantitative estimate of drug-likeness (QED) is 0.168. The van der Waals surface area contributed by atoms with E-state index >= 15 is 0 Å². The van der Waals surface area contributed by atoms with Crippen LogP contribution in [0.2, 0.25) is 0 Å². The van der Waals surface area contributed by atoms with Crippen molar-refractivity contribution in [1.82, 2.24) is 0 Å². The smallest absolute Gasteiger partial charge is 0.0713 e. The number of anilines is 3. The van der Waals surface area contributed by atoms with E-state index < -0.39 is 5.41 Å². The maximum Gasteiger partial charge on any atom is 0.0713 e. The highest BCUT2D eigenvalue weighted by Crippen LogP contribution is 2.57. The Bertz CT molecular complexity index is 2400. The second-order valence-corrected chi connectivity index (χ2v) is 12.9. The monoisotopic (exact) mass is 637 g/mol. The molecule has 8 aromatic rings. The lowest BCUT2D eigenvalue weighted by Crippen LogP contribution is -2.28. The van der Waals surface area contributed by atoms with Gasteiger partial charge in [-0.25, -0.2) is 0 Å². The molecule has 1 aliphatic carbocycles. The lowest BCUT2D eigenvalue weighted by Gasteiger charge is -2.34. The van der Waals surface area contributed by atoms with Gasteiger partial charge in [-0.05, 0) is 98.1 Å². The van der Waals surface area contributed by atoms with E-state index in [-0.39, 0.29) is 0 Å². The van der Waals surface area contributed by atoms with Crippen LogP contribution in [0.5, 0.6) is 0 Å². The minimum Gasteiger partial charge on any atom is -0.310 e. The molecule has 0 fully saturated rings. The van der Waals surface area contributed by atoms with Crippen LogP contribution >= 0.6 is 0 Å². The van der Waals surface area contributed by atoms with Gasteiger partial charge in [-0.15, -0.1) is 0 Å². The van der Waals surface area contributed by atoms with Crippen LogP contribution in [0, 0.1) is 0 Å². The number of para-hydroxylation sites is 1. The number of benzene rings is 8. The van der Waals surface area contributed by atoms with Gasteiger partial charge in [0.2, 0.25) is 0 Å². The average Bonchev–Trinajstić information content (AvgIpc) is 3.50. The maximum atomic E-state index is 2.40. The summed E-state index contributed by atoms with van der Waals surface area (Å²) in [5, 5.41) is 0. The van der Waals surface area contributed by atoms with E-state index in [2.05, 4.69) is 217 Å². The van der Waals surface area contributed by atoms with Gasteiger partial charge in [-0.2, -0.15) is 0 Å². The van der Waals surface area contributed by atoms with E-state index in [0.717, 1.165) is 17.1 Å². The molecular weight excluding hydrogens is 603 g/mol. The van der Waals surface area contributed by atoms with Crippen molar-refractivity contribution < 1.29 is 0 Å². The minimum atomic E-state index is -0.481. The average molecular weight is 638 g/mol. The van der Waals surface area contributed by atoms with Crippen LogP contribution in [-0.2, 0) is 5.41 Å². The molecule has 0 spiro atoms. The molecular formula is C49H35N. The molecule has 0 saturated carbocycles. The summed E-state index contributed by atoms with van der Waals surface area (Å²) in [6.45, 7) is 0.